The number of para-hydroxylation sites is 1. The van der Waals surface area contributed by atoms with Gasteiger partial charge >= 0.3 is 0 Å². The van der Waals surface area contributed by atoms with E-state index in [1.54, 1.807) is 23.0 Å². The number of methoxy groups -OCH3 is 1. The molecule has 0 amide bonds. The molecule has 0 unspecified atom stereocenters. The van der Waals surface area contributed by atoms with Gasteiger partial charge in [0.15, 0.2) is 11.5 Å². The highest BCUT2D eigenvalue weighted by atomic mass is 32.1. The minimum Gasteiger partial charge on any atom is -0.492 e. The van der Waals surface area contributed by atoms with Crippen molar-refractivity contribution < 1.29 is 9.47 Å². The summed E-state index contributed by atoms with van der Waals surface area (Å²) in [6, 6.07) is 5.84. The van der Waals surface area contributed by atoms with Crippen molar-refractivity contribution in [2.75, 3.05) is 13.7 Å². The number of aromatic nitrogens is 2. The first-order valence-corrected chi connectivity index (χ1v) is 9.88. The molecule has 4 rings (SSSR count). The summed E-state index contributed by atoms with van der Waals surface area (Å²) in [7, 11) is 1.64. The lowest BCUT2D eigenvalue weighted by Gasteiger charge is -2.12. The number of hydrogen-bond acceptors (Lipinski definition) is 5. The summed E-state index contributed by atoms with van der Waals surface area (Å²) in [6.45, 7) is 7.22. The number of ether oxygens (including phenoxy) is 2. The second-order valence-corrected chi connectivity index (χ2v) is 7.79. The lowest BCUT2D eigenvalue weighted by atomic mass is 10.1. The topological polar surface area (TPSA) is 53.4 Å². The van der Waals surface area contributed by atoms with Crippen LogP contribution in [-0.2, 0) is 6.54 Å². The number of fused-ring (bicyclic) bond motifs is 2. The zero-order chi connectivity index (χ0) is 19.1. The SMILES string of the molecule is CCOc1cccc(/C=C2\CCn3c2nc2sc(C)c(C)c2c3=O)c1OC. The van der Waals surface area contributed by atoms with E-state index in [2.05, 4.69) is 6.08 Å². The van der Waals surface area contributed by atoms with Crippen LogP contribution in [0.3, 0.4) is 0 Å². The van der Waals surface area contributed by atoms with Crippen LogP contribution in [0.25, 0.3) is 21.9 Å². The van der Waals surface area contributed by atoms with Crippen molar-refractivity contribution in [1.82, 2.24) is 9.55 Å². The highest BCUT2D eigenvalue weighted by molar-refractivity contribution is 7.18. The van der Waals surface area contributed by atoms with Crippen LogP contribution in [0.15, 0.2) is 23.0 Å². The first kappa shape index (κ1) is 17.8. The number of benzene rings is 1. The van der Waals surface area contributed by atoms with Gasteiger partial charge in [-0.1, -0.05) is 12.1 Å². The summed E-state index contributed by atoms with van der Waals surface area (Å²) in [5, 5.41) is 0.762. The summed E-state index contributed by atoms with van der Waals surface area (Å²) >= 11 is 1.59. The van der Waals surface area contributed by atoms with Crippen molar-refractivity contribution in [2.24, 2.45) is 0 Å². The number of aryl methyl sites for hydroxylation is 2. The Kier molecular flexibility index (Phi) is 4.52. The van der Waals surface area contributed by atoms with Gasteiger partial charge in [0.1, 0.15) is 10.7 Å². The fourth-order valence-electron chi connectivity index (χ4n) is 3.58. The summed E-state index contributed by atoms with van der Waals surface area (Å²) in [5.41, 5.74) is 3.09. The Morgan fingerprint density at radius 1 is 1.33 bits per heavy atom. The molecule has 140 valence electrons. The van der Waals surface area contributed by atoms with E-state index in [0.29, 0.717) is 18.9 Å². The van der Waals surface area contributed by atoms with Gasteiger partial charge in [-0.05, 0) is 50.5 Å². The standard InChI is InChI=1S/C21H22N2O3S/c1-5-26-16-8-6-7-14(18(16)25-4)11-15-9-10-23-19(15)22-20-17(21(23)24)12(2)13(3)27-20/h6-8,11H,5,9-10H2,1-4H3/b15-11+. The van der Waals surface area contributed by atoms with Crippen LogP contribution in [0.5, 0.6) is 11.5 Å². The van der Waals surface area contributed by atoms with Crippen LogP contribution in [0, 0.1) is 13.8 Å². The molecule has 3 heterocycles. The van der Waals surface area contributed by atoms with E-state index in [4.69, 9.17) is 14.5 Å². The van der Waals surface area contributed by atoms with Gasteiger partial charge in [0.2, 0.25) is 0 Å². The molecule has 27 heavy (non-hydrogen) atoms. The van der Waals surface area contributed by atoms with E-state index in [9.17, 15) is 4.79 Å². The number of nitrogens with zero attached hydrogens (tertiary/aromatic N) is 2. The van der Waals surface area contributed by atoms with E-state index in [0.717, 1.165) is 49.8 Å². The average molecular weight is 382 g/mol. The summed E-state index contributed by atoms with van der Waals surface area (Å²) < 4.78 is 13.1. The maximum absolute atomic E-state index is 13.0. The molecule has 0 bridgehead atoms. The number of thiophene rings is 1. The van der Waals surface area contributed by atoms with E-state index in [1.165, 1.54) is 0 Å². The van der Waals surface area contributed by atoms with Crippen LogP contribution >= 0.6 is 11.3 Å². The average Bonchev–Trinajstić information content (AvgIpc) is 3.17. The van der Waals surface area contributed by atoms with Crippen molar-refractivity contribution in [3.63, 3.8) is 0 Å². The number of allylic oxidation sites excluding steroid dienone is 1. The van der Waals surface area contributed by atoms with Crippen molar-refractivity contribution >= 4 is 33.2 Å². The van der Waals surface area contributed by atoms with Gasteiger partial charge in [-0.25, -0.2) is 4.98 Å². The molecule has 0 atom stereocenters. The molecule has 1 aromatic carbocycles. The zero-order valence-corrected chi connectivity index (χ0v) is 16.8. The Morgan fingerprint density at radius 2 is 2.15 bits per heavy atom. The van der Waals surface area contributed by atoms with Crippen molar-refractivity contribution in [2.45, 2.75) is 33.7 Å². The van der Waals surface area contributed by atoms with Crippen LogP contribution in [0.1, 0.15) is 35.2 Å². The molecule has 2 aromatic heterocycles. The van der Waals surface area contributed by atoms with Gasteiger partial charge in [0.25, 0.3) is 5.56 Å². The van der Waals surface area contributed by atoms with Crippen molar-refractivity contribution in [1.29, 1.82) is 0 Å². The van der Waals surface area contributed by atoms with E-state index < -0.39 is 0 Å². The Hall–Kier alpha value is -2.60. The summed E-state index contributed by atoms with van der Waals surface area (Å²) in [5.74, 6) is 2.19. The molecule has 0 spiro atoms. The molecule has 0 saturated carbocycles. The molecule has 0 saturated heterocycles. The first-order chi connectivity index (χ1) is 13.0. The predicted octanol–water partition coefficient (Wildman–Crippen LogP) is 4.43. The molecule has 6 heteroatoms. The number of hydrogen-bond donors (Lipinski definition) is 0. The Bertz CT molecular complexity index is 1120. The summed E-state index contributed by atoms with van der Waals surface area (Å²) in [4.78, 5) is 19.8. The molecule has 5 nitrogen and oxygen atoms in total. The summed E-state index contributed by atoms with van der Waals surface area (Å²) in [6.07, 6.45) is 2.84. The van der Waals surface area contributed by atoms with E-state index in [1.807, 2.05) is 39.0 Å². The molecular weight excluding hydrogens is 360 g/mol. The first-order valence-electron chi connectivity index (χ1n) is 9.06. The molecular formula is C21H22N2O3S. The third kappa shape index (κ3) is 2.84. The van der Waals surface area contributed by atoms with E-state index >= 15 is 0 Å². The highest BCUT2D eigenvalue weighted by Crippen LogP contribution is 2.36. The van der Waals surface area contributed by atoms with Gasteiger partial charge < -0.3 is 9.47 Å². The Labute approximate surface area is 161 Å². The van der Waals surface area contributed by atoms with Crippen LogP contribution in [-0.4, -0.2) is 23.3 Å². The van der Waals surface area contributed by atoms with Gasteiger partial charge in [-0.15, -0.1) is 11.3 Å². The lowest BCUT2D eigenvalue weighted by molar-refractivity contribution is 0.310. The normalized spacial score (nSPS) is 14.7. The maximum Gasteiger partial charge on any atom is 0.262 e. The highest BCUT2D eigenvalue weighted by Gasteiger charge is 2.23. The van der Waals surface area contributed by atoms with Crippen LogP contribution < -0.4 is 15.0 Å². The second-order valence-electron chi connectivity index (χ2n) is 6.59. The van der Waals surface area contributed by atoms with Gasteiger partial charge in [0, 0.05) is 17.0 Å². The second kappa shape index (κ2) is 6.85. The number of rotatable bonds is 4. The Balaban J connectivity index is 1.87. The third-order valence-electron chi connectivity index (χ3n) is 5.02. The Morgan fingerprint density at radius 3 is 2.89 bits per heavy atom. The molecule has 1 aliphatic rings. The van der Waals surface area contributed by atoms with Gasteiger partial charge in [-0.2, -0.15) is 0 Å². The van der Waals surface area contributed by atoms with Gasteiger partial charge in [-0.3, -0.25) is 9.36 Å². The fraction of sp³-hybridized carbons (Fsp3) is 0.333. The lowest BCUT2D eigenvalue weighted by Crippen LogP contribution is -2.20. The maximum atomic E-state index is 13.0. The largest absolute Gasteiger partial charge is 0.492 e. The predicted molar refractivity (Wildman–Crippen MR) is 110 cm³/mol. The van der Waals surface area contributed by atoms with Crippen LogP contribution in [0.4, 0.5) is 0 Å². The minimum absolute atomic E-state index is 0.0651. The van der Waals surface area contributed by atoms with Gasteiger partial charge in [0.05, 0.1) is 19.1 Å². The molecule has 0 radical (unpaired) electrons. The monoisotopic (exact) mass is 382 g/mol. The molecule has 1 aliphatic heterocycles. The van der Waals surface area contributed by atoms with Crippen LogP contribution in [0.2, 0.25) is 0 Å². The molecule has 0 fully saturated rings. The zero-order valence-electron chi connectivity index (χ0n) is 16.0. The van der Waals surface area contributed by atoms with Crippen molar-refractivity contribution in [3.05, 3.63) is 50.4 Å². The smallest absolute Gasteiger partial charge is 0.262 e. The molecule has 3 aromatic rings. The third-order valence-corrected chi connectivity index (χ3v) is 6.13. The fourth-order valence-corrected chi connectivity index (χ4v) is 4.60. The van der Waals surface area contributed by atoms with E-state index in [-0.39, 0.29) is 5.56 Å². The minimum atomic E-state index is 0.0651. The van der Waals surface area contributed by atoms with Crippen molar-refractivity contribution in [3.8, 4) is 11.5 Å². The molecule has 0 aliphatic carbocycles. The quantitative estimate of drug-likeness (QED) is 0.670. The molecule has 0 N–H and O–H groups in total.